The van der Waals surface area contributed by atoms with E-state index in [1.807, 2.05) is 0 Å². The highest BCUT2D eigenvalue weighted by atomic mass is 16.4. The average Bonchev–Trinajstić information content (AvgIpc) is 3.90. The van der Waals surface area contributed by atoms with Crippen LogP contribution in [0.4, 0.5) is 0 Å². The monoisotopic (exact) mass is 585 g/mol. The van der Waals surface area contributed by atoms with Crippen molar-refractivity contribution in [1.82, 2.24) is 30.6 Å². The van der Waals surface area contributed by atoms with Gasteiger partial charge in [0.15, 0.2) is 0 Å². The fourth-order valence-electron chi connectivity index (χ4n) is 4.43. The maximum absolute atomic E-state index is 9.11. The Kier molecular flexibility index (Phi) is 6.64. The van der Waals surface area contributed by atoms with Crippen LogP contribution in [0, 0.1) is 34.0 Å². The Balaban J connectivity index is 1.29. The number of nitrogens with zero attached hydrogens (tertiary/aromatic N) is 9. The summed E-state index contributed by atoms with van der Waals surface area (Å²) in [5.74, 6) is 1.41. The highest BCUT2D eigenvalue weighted by molar-refractivity contribution is 5.74. The first-order valence-electron chi connectivity index (χ1n) is 13.3. The Morgan fingerprint density at radius 3 is 0.778 bits per heavy atom. The number of hydrogen-bond acceptors (Lipinski definition) is 12. The van der Waals surface area contributed by atoms with Crippen LogP contribution in [-0.2, 0) is 0 Å². The zero-order valence-electron chi connectivity index (χ0n) is 22.9. The molecule has 4 aromatic carbocycles. The fraction of sp³-hybridized carbons (Fsp3) is 0. The van der Waals surface area contributed by atoms with Gasteiger partial charge in [-0.25, -0.2) is 0 Å². The van der Waals surface area contributed by atoms with E-state index < -0.39 is 0 Å². The zero-order chi connectivity index (χ0) is 30.8. The van der Waals surface area contributed by atoms with Gasteiger partial charge in [-0.05, 0) is 91.0 Å². The molecule has 12 nitrogen and oxygen atoms in total. The Morgan fingerprint density at radius 2 is 0.556 bits per heavy atom. The lowest BCUT2D eigenvalue weighted by molar-refractivity contribution is 0.580. The molecule has 7 rings (SSSR count). The van der Waals surface area contributed by atoms with Gasteiger partial charge < -0.3 is 13.3 Å². The third kappa shape index (κ3) is 5.28. The molecule has 0 aliphatic carbocycles. The van der Waals surface area contributed by atoms with Gasteiger partial charge in [-0.1, -0.05) is 0 Å². The van der Waals surface area contributed by atoms with Crippen LogP contribution in [0.2, 0.25) is 0 Å². The van der Waals surface area contributed by atoms with E-state index in [2.05, 4.69) is 48.8 Å². The zero-order valence-corrected chi connectivity index (χ0v) is 22.9. The molecule has 0 radical (unpaired) electrons. The van der Waals surface area contributed by atoms with E-state index in [1.165, 1.54) is 0 Å². The second kappa shape index (κ2) is 11.2. The largest absolute Gasteiger partial charge is 0.416 e. The first kappa shape index (κ1) is 26.7. The number of nitriles is 3. The molecule has 7 aromatic rings. The maximum Gasteiger partial charge on any atom is 0.248 e. The van der Waals surface area contributed by atoms with Crippen molar-refractivity contribution in [2.24, 2.45) is 0 Å². The van der Waals surface area contributed by atoms with E-state index in [0.29, 0.717) is 50.1 Å². The van der Waals surface area contributed by atoms with Crippen LogP contribution in [0.25, 0.3) is 68.7 Å². The summed E-state index contributed by atoms with van der Waals surface area (Å²) in [7, 11) is 0. The predicted octanol–water partition coefficient (Wildman–Crippen LogP) is 6.45. The number of hydrogen-bond donors (Lipinski definition) is 0. The molecule has 0 atom stereocenters. The molecule has 3 heterocycles. The normalized spacial score (nSPS) is 10.6. The van der Waals surface area contributed by atoms with E-state index >= 15 is 0 Å². The third-order valence-corrected chi connectivity index (χ3v) is 6.73. The molecular weight excluding hydrogens is 570 g/mol. The summed E-state index contributed by atoms with van der Waals surface area (Å²) in [6, 6.07) is 31.9. The Labute approximate surface area is 254 Å². The van der Waals surface area contributed by atoms with Gasteiger partial charge in [0.05, 0.1) is 34.9 Å². The van der Waals surface area contributed by atoms with Gasteiger partial charge in [0.25, 0.3) is 0 Å². The van der Waals surface area contributed by atoms with Crippen molar-refractivity contribution in [3.8, 4) is 86.9 Å². The molecule has 0 saturated carbocycles. The summed E-state index contributed by atoms with van der Waals surface area (Å²) in [5.41, 5.74) is 5.04. The van der Waals surface area contributed by atoms with E-state index in [1.54, 1.807) is 91.0 Å². The van der Waals surface area contributed by atoms with Crippen molar-refractivity contribution in [3.05, 3.63) is 108 Å². The van der Waals surface area contributed by atoms with Crippen LogP contribution in [-0.4, -0.2) is 30.6 Å². The van der Waals surface area contributed by atoms with E-state index in [-0.39, 0.29) is 35.3 Å². The van der Waals surface area contributed by atoms with Gasteiger partial charge >= 0.3 is 0 Å². The summed E-state index contributed by atoms with van der Waals surface area (Å²) in [4.78, 5) is 0. The van der Waals surface area contributed by atoms with Crippen LogP contribution in [0.3, 0.4) is 0 Å². The molecule has 0 spiro atoms. The van der Waals surface area contributed by atoms with Gasteiger partial charge in [0.1, 0.15) is 0 Å². The molecule has 0 aliphatic rings. The van der Waals surface area contributed by atoms with Crippen LogP contribution in [0.15, 0.2) is 104 Å². The molecule has 0 fully saturated rings. The summed E-state index contributed by atoms with van der Waals surface area (Å²) in [5, 5.41) is 52.6. The van der Waals surface area contributed by atoms with Gasteiger partial charge in [0.2, 0.25) is 35.3 Å². The van der Waals surface area contributed by atoms with Gasteiger partial charge in [-0.2, -0.15) is 15.8 Å². The lowest BCUT2D eigenvalue weighted by Gasteiger charge is -2.03. The van der Waals surface area contributed by atoms with Gasteiger partial charge in [-0.15, -0.1) is 30.6 Å². The minimum absolute atomic E-state index is 0.205. The van der Waals surface area contributed by atoms with Crippen LogP contribution >= 0.6 is 0 Å². The van der Waals surface area contributed by atoms with Crippen molar-refractivity contribution in [2.45, 2.75) is 0 Å². The minimum Gasteiger partial charge on any atom is -0.416 e. The molecule has 0 unspecified atom stereocenters. The Bertz CT molecular complexity index is 2020. The van der Waals surface area contributed by atoms with E-state index in [4.69, 9.17) is 29.0 Å². The molecule has 0 amide bonds. The van der Waals surface area contributed by atoms with Crippen LogP contribution in [0.1, 0.15) is 16.7 Å². The fourth-order valence-corrected chi connectivity index (χ4v) is 4.43. The van der Waals surface area contributed by atoms with E-state index in [9.17, 15) is 0 Å². The van der Waals surface area contributed by atoms with Crippen molar-refractivity contribution in [3.63, 3.8) is 0 Å². The van der Waals surface area contributed by atoms with Crippen LogP contribution in [0.5, 0.6) is 0 Å². The Morgan fingerprint density at radius 1 is 0.333 bits per heavy atom. The summed E-state index contributed by atoms with van der Waals surface area (Å²) in [6.45, 7) is 0. The molecule has 210 valence electrons. The predicted molar refractivity (Wildman–Crippen MR) is 157 cm³/mol. The summed E-state index contributed by atoms with van der Waals surface area (Å²) >= 11 is 0. The van der Waals surface area contributed by atoms with Crippen molar-refractivity contribution >= 4 is 0 Å². The summed E-state index contributed by atoms with van der Waals surface area (Å²) < 4.78 is 18.0. The molecule has 0 aliphatic heterocycles. The maximum atomic E-state index is 9.11. The first-order valence-corrected chi connectivity index (χ1v) is 13.3. The molecule has 12 heteroatoms. The molecule has 3 aromatic heterocycles. The number of aromatic nitrogens is 6. The highest BCUT2D eigenvalue weighted by Crippen LogP contribution is 2.34. The molecule has 0 N–H and O–H groups in total. The molecule has 45 heavy (non-hydrogen) atoms. The second-order valence-electron chi connectivity index (χ2n) is 9.60. The van der Waals surface area contributed by atoms with Gasteiger partial charge in [0, 0.05) is 33.4 Å². The topological polar surface area (TPSA) is 188 Å². The second-order valence-corrected chi connectivity index (χ2v) is 9.60. The standard InChI is InChI=1S/C33H15N9O3/c34-16-19-1-7-22(8-2-19)28-37-40-31(43-28)25-13-26(32-41-38-29(44-32)23-9-3-20(17-35)4-10-23)15-27(14-25)33-42-39-30(45-33)24-11-5-21(18-36)6-12-24/h1-15H. The highest BCUT2D eigenvalue weighted by Gasteiger charge is 2.20. The molecule has 0 bridgehead atoms. The lowest BCUT2D eigenvalue weighted by Crippen LogP contribution is -1.87. The van der Waals surface area contributed by atoms with E-state index in [0.717, 1.165) is 0 Å². The van der Waals surface area contributed by atoms with Crippen molar-refractivity contribution in [1.29, 1.82) is 15.8 Å². The first-order chi connectivity index (χ1) is 22.1. The third-order valence-electron chi connectivity index (χ3n) is 6.73. The Hall–Kier alpha value is -7.23. The van der Waals surface area contributed by atoms with Crippen molar-refractivity contribution in [2.75, 3.05) is 0 Å². The SMILES string of the molecule is N#Cc1ccc(-c2nnc(-c3cc(-c4nnc(-c5ccc(C#N)cc5)o4)cc(-c4nnc(-c5ccc(C#N)cc5)o4)c3)o2)cc1. The smallest absolute Gasteiger partial charge is 0.248 e. The number of rotatable bonds is 6. The lowest BCUT2D eigenvalue weighted by atomic mass is 10.1. The molecule has 0 saturated heterocycles. The quantitative estimate of drug-likeness (QED) is 0.208. The van der Waals surface area contributed by atoms with Crippen LogP contribution < -0.4 is 0 Å². The average molecular weight is 586 g/mol. The van der Waals surface area contributed by atoms with Crippen molar-refractivity contribution < 1.29 is 13.3 Å². The molecular formula is C33H15N9O3. The minimum atomic E-state index is 0.205. The summed E-state index contributed by atoms with van der Waals surface area (Å²) in [6.07, 6.45) is 0. The van der Waals surface area contributed by atoms with Gasteiger partial charge in [-0.3, -0.25) is 0 Å². The number of benzene rings is 4.